The normalized spacial score (nSPS) is 22.5. The second-order valence-corrected chi connectivity index (χ2v) is 4.94. The molecule has 106 valence electrons. The van der Waals surface area contributed by atoms with Gasteiger partial charge in [-0.2, -0.15) is 0 Å². The Balaban J connectivity index is 1.90. The highest BCUT2D eigenvalue weighted by molar-refractivity contribution is 5.99. The summed E-state index contributed by atoms with van der Waals surface area (Å²) < 4.78 is 24.4. The monoisotopic (exact) mass is 277 g/mol. The number of carbonyl (C=O) groups excluding carboxylic acids is 1. The summed E-state index contributed by atoms with van der Waals surface area (Å²) in [4.78, 5) is 12.5. The smallest absolute Gasteiger partial charge is 0.205 e. The van der Waals surface area contributed by atoms with Crippen LogP contribution in [0.3, 0.4) is 0 Å². The lowest BCUT2D eigenvalue weighted by atomic mass is 9.97. The van der Waals surface area contributed by atoms with Gasteiger partial charge in [-0.05, 0) is 18.7 Å². The number of hydrogen-bond donors (Lipinski definition) is 1. The Hall–Kier alpha value is -1.72. The van der Waals surface area contributed by atoms with Crippen molar-refractivity contribution in [3.05, 3.63) is 35.8 Å². The lowest BCUT2D eigenvalue weighted by molar-refractivity contribution is 0.0865. The number of benzene rings is 1. The van der Waals surface area contributed by atoms with E-state index >= 15 is 0 Å². The predicted molar refractivity (Wildman–Crippen MR) is 72.3 cm³/mol. The number of ether oxygens (including phenoxy) is 1. The van der Waals surface area contributed by atoms with Crippen molar-refractivity contribution in [3.8, 4) is 0 Å². The summed E-state index contributed by atoms with van der Waals surface area (Å²) in [7, 11) is 0. The van der Waals surface area contributed by atoms with Gasteiger partial charge in [-0.25, -0.2) is 4.39 Å². The first-order chi connectivity index (χ1) is 9.70. The minimum Gasteiger partial charge on any atom is -0.450 e. The maximum atomic E-state index is 13.6. The van der Waals surface area contributed by atoms with Crippen molar-refractivity contribution < 1.29 is 18.3 Å². The number of fused-ring (bicyclic) bond motifs is 1. The SMILES string of the molecule is CCNC1COCC1C(=O)c1cc2cccc(F)c2o1. The zero-order valence-corrected chi connectivity index (χ0v) is 11.2. The van der Waals surface area contributed by atoms with Gasteiger partial charge in [0.1, 0.15) is 0 Å². The van der Waals surface area contributed by atoms with Gasteiger partial charge in [0, 0.05) is 11.4 Å². The van der Waals surface area contributed by atoms with Gasteiger partial charge < -0.3 is 14.5 Å². The summed E-state index contributed by atoms with van der Waals surface area (Å²) in [5.74, 6) is -0.668. The van der Waals surface area contributed by atoms with E-state index in [1.165, 1.54) is 6.07 Å². The molecule has 0 amide bonds. The molecule has 5 heteroatoms. The molecule has 4 nitrogen and oxygen atoms in total. The summed E-state index contributed by atoms with van der Waals surface area (Å²) in [6, 6.07) is 6.24. The molecule has 2 atom stereocenters. The number of furan rings is 1. The quantitative estimate of drug-likeness (QED) is 0.872. The molecule has 0 spiro atoms. The van der Waals surface area contributed by atoms with E-state index in [0.717, 1.165) is 6.54 Å². The van der Waals surface area contributed by atoms with Crippen LogP contribution in [0.2, 0.25) is 0 Å². The van der Waals surface area contributed by atoms with E-state index in [2.05, 4.69) is 5.32 Å². The molecule has 2 unspecified atom stereocenters. The zero-order valence-electron chi connectivity index (χ0n) is 11.2. The van der Waals surface area contributed by atoms with E-state index in [4.69, 9.17) is 9.15 Å². The van der Waals surface area contributed by atoms with E-state index in [1.54, 1.807) is 18.2 Å². The summed E-state index contributed by atoms with van der Waals surface area (Å²) in [5, 5.41) is 3.83. The fourth-order valence-electron chi connectivity index (χ4n) is 2.61. The number of ketones is 1. The van der Waals surface area contributed by atoms with Crippen LogP contribution in [0, 0.1) is 11.7 Å². The summed E-state index contributed by atoms with van der Waals surface area (Å²) >= 11 is 0. The summed E-state index contributed by atoms with van der Waals surface area (Å²) in [6.45, 7) is 3.64. The second-order valence-electron chi connectivity index (χ2n) is 4.94. The third-order valence-electron chi connectivity index (χ3n) is 3.62. The molecule has 0 bridgehead atoms. The number of halogens is 1. The van der Waals surface area contributed by atoms with Crippen LogP contribution in [0.25, 0.3) is 11.0 Å². The molecule has 0 saturated carbocycles. The number of carbonyl (C=O) groups is 1. The van der Waals surface area contributed by atoms with E-state index in [1.807, 2.05) is 6.92 Å². The Bertz CT molecular complexity index is 637. The van der Waals surface area contributed by atoms with Crippen molar-refractivity contribution in [1.29, 1.82) is 0 Å². The maximum Gasteiger partial charge on any atom is 0.205 e. The Kier molecular flexibility index (Phi) is 3.54. The van der Waals surface area contributed by atoms with Gasteiger partial charge in [-0.3, -0.25) is 4.79 Å². The largest absolute Gasteiger partial charge is 0.450 e. The minimum atomic E-state index is -0.451. The minimum absolute atomic E-state index is 0.00874. The molecule has 2 aromatic rings. The number of hydrogen-bond acceptors (Lipinski definition) is 4. The average molecular weight is 277 g/mol. The third kappa shape index (κ3) is 2.23. The average Bonchev–Trinajstić information content (AvgIpc) is 3.05. The molecule has 1 fully saturated rings. The molecule has 1 aromatic carbocycles. The number of para-hydroxylation sites is 1. The first-order valence-corrected chi connectivity index (χ1v) is 6.74. The van der Waals surface area contributed by atoms with Crippen LogP contribution in [0.4, 0.5) is 4.39 Å². The van der Waals surface area contributed by atoms with Crippen LogP contribution in [0.15, 0.2) is 28.7 Å². The highest BCUT2D eigenvalue weighted by Gasteiger charge is 2.35. The number of likely N-dealkylation sites (N-methyl/N-ethyl adjacent to an activating group) is 1. The van der Waals surface area contributed by atoms with Crippen LogP contribution in [-0.2, 0) is 4.74 Å². The Labute approximate surface area is 115 Å². The van der Waals surface area contributed by atoms with Gasteiger partial charge in [0.15, 0.2) is 17.2 Å². The van der Waals surface area contributed by atoms with Gasteiger partial charge in [0.05, 0.1) is 19.1 Å². The summed E-state index contributed by atoms with van der Waals surface area (Å²) in [5.41, 5.74) is 0.134. The highest BCUT2D eigenvalue weighted by Crippen LogP contribution is 2.26. The zero-order chi connectivity index (χ0) is 14.1. The van der Waals surface area contributed by atoms with Gasteiger partial charge in [-0.1, -0.05) is 19.1 Å². The summed E-state index contributed by atoms with van der Waals surface area (Å²) in [6.07, 6.45) is 0. The first-order valence-electron chi connectivity index (χ1n) is 6.74. The van der Waals surface area contributed by atoms with Crippen LogP contribution >= 0.6 is 0 Å². The second kappa shape index (κ2) is 5.34. The molecule has 1 saturated heterocycles. The molecule has 2 heterocycles. The molecule has 0 aliphatic carbocycles. The van der Waals surface area contributed by atoms with Gasteiger partial charge >= 0.3 is 0 Å². The third-order valence-corrected chi connectivity index (χ3v) is 3.62. The fourth-order valence-corrected chi connectivity index (χ4v) is 2.61. The van der Waals surface area contributed by atoms with Crippen molar-refractivity contribution in [2.75, 3.05) is 19.8 Å². The lowest BCUT2D eigenvalue weighted by Gasteiger charge is -2.15. The topological polar surface area (TPSA) is 51.5 Å². The molecular weight excluding hydrogens is 261 g/mol. The van der Waals surface area contributed by atoms with E-state index in [0.29, 0.717) is 18.6 Å². The highest BCUT2D eigenvalue weighted by atomic mass is 19.1. The van der Waals surface area contributed by atoms with Crippen molar-refractivity contribution in [1.82, 2.24) is 5.32 Å². The molecule has 0 radical (unpaired) electrons. The Morgan fingerprint density at radius 1 is 1.45 bits per heavy atom. The van der Waals surface area contributed by atoms with Crippen molar-refractivity contribution >= 4 is 16.8 Å². The van der Waals surface area contributed by atoms with Gasteiger partial charge in [0.25, 0.3) is 0 Å². The van der Waals surface area contributed by atoms with Crippen LogP contribution < -0.4 is 5.32 Å². The van der Waals surface area contributed by atoms with Crippen molar-refractivity contribution in [2.45, 2.75) is 13.0 Å². The standard InChI is InChI=1S/C15H16FNO3/c1-2-17-12-8-19-7-10(12)14(18)13-6-9-4-3-5-11(16)15(9)20-13/h3-6,10,12,17H,2,7-8H2,1H3. The number of Topliss-reactive ketones (excluding diaryl/α,β-unsaturated/α-hetero) is 1. The molecule has 20 heavy (non-hydrogen) atoms. The van der Waals surface area contributed by atoms with E-state index < -0.39 is 5.82 Å². The molecule has 1 aliphatic rings. The fraction of sp³-hybridized carbons (Fsp3) is 0.400. The van der Waals surface area contributed by atoms with Gasteiger partial charge in [0.2, 0.25) is 5.78 Å². The number of nitrogens with one attached hydrogen (secondary N) is 1. The molecule has 1 aromatic heterocycles. The van der Waals surface area contributed by atoms with E-state index in [-0.39, 0.29) is 29.1 Å². The first kappa shape index (κ1) is 13.3. The Morgan fingerprint density at radius 2 is 2.30 bits per heavy atom. The van der Waals surface area contributed by atoms with Crippen molar-refractivity contribution in [2.24, 2.45) is 5.92 Å². The van der Waals surface area contributed by atoms with Gasteiger partial charge in [-0.15, -0.1) is 0 Å². The molecule has 1 aliphatic heterocycles. The Morgan fingerprint density at radius 3 is 3.05 bits per heavy atom. The van der Waals surface area contributed by atoms with Crippen LogP contribution in [0.5, 0.6) is 0 Å². The van der Waals surface area contributed by atoms with E-state index in [9.17, 15) is 9.18 Å². The van der Waals surface area contributed by atoms with Crippen molar-refractivity contribution in [3.63, 3.8) is 0 Å². The molecule has 1 N–H and O–H groups in total. The lowest BCUT2D eigenvalue weighted by Crippen LogP contribution is -2.39. The molecule has 3 rings (SSSR count). The van der Waals surface area contributed by atoms with Crippen LogP contribution in [-0.4, -0.2) is 31.6 Å². The molecular formula is C15H16FNO3. The van der Waals surface area contributed by atoms with Crippen LogP contribution in [0.1, 0.15) is 17.5 Å². The predicted octanol–water partition coefficient (Wildman–Crippen LogP) is 2.38. The number of rotatable bonds is 4. The maximum absolute atomic E-state index is 13.6.